The molecule has 2 aliphatic carbocycles. The number of carbonyl (C=O) groups excluding carboxylic acids is 3. The van der Waals surface area contributed by atoms with Crippen LogP contribution in [0.1, 0.15) is 29.6 Å². The van der Waals surface area contributed by atoms with E-state index in [0.717, 1.165) is 4.47 Å². The number of ketones is 2. The van der Waals surface area contributed by atoms with E-state index in [2.05, 4.69) is 15.9 Å². The molecule has 0 unspecified atom stereocenters. The largest absolute Gasteiger partial charge is 0.497 e. The Morgan fingerprint density at radius 1 is 1.21 bits per heavy atom. The Hall–Kier alpha value is -1.95. The van der Waals surface area contributed by atoms with Crippen molar-refractivity contribution in [2.24, 2.45) is 11.8 Å². The molecular weight excluding hydrogens is 376 g/mol. The number of carbonyl (C=O) groups is 3. The predicted octanol–water partition coefficient (Wildman–Crippen LogP) is 3.07. The Kier molecular flexibility index (Phi) is 4.85. The number of ether oxygens (including phenoxy) is 2. The third-order valence-corrected chi connectivity index (χ3v) is 5.11. The van der Waals surface area contributed by atoms with Gasteiger partial charge >= 0.3 is 5.97 Å². The van der Waals surface area contributed by atoms with E-state index in [1.54, 1.807) is 24.3 Å². The lowest BCUT2D eigenvalue weighted by molar-refractivity contribution is -0.132. The Labute approximate surface area is 148 Å². The predicted molar refractivity (Wildman–Crippen MR) is 89.3 cm³/mol. The van der Waals surface area contributed by atoms with Crippen LogP contribution in [0.4, 0.5) is 0 Å². The first-order chi connectivity index (χ1) is 11.5. The van der Waals surface area contributed by atoms with Crippen LogP contribution in [0.2, 0.25) is 0 Å². The number of rotatable bonds is 3. The molecule has 0 bridgehead atoms. The molecule has 0 aliphatic heterocycles. The molecule has 126 valence electrons. The van der Waals surface area contributed by atoms with Crippen molar-refractivity contribution in [1.82, 2.24) is 0 Å². The summed E-state index contributed by atoms with van der Waals surface area (Å²) in [6.45, 7) is 0. The number of methoxy groups -OCH3 is 1. The molecule has 6 heteroatoms. The van der Waals surface area contributed by atoms with Crippen molar-refractivity contribution < 1.29 is 23.9 Å². The molecule has 3 rings (SSSR count). The van der Waals surface area contributed by atoms with E-state index in [-0.39, 0.29) is 29.8 Å². The Balaban J connectivity index is 1.86. The van der Waals surface area contributed by atoms with Gasteiger partial charge in [0.25, 0.3) is 0 Å². The van der Waals surface area contributed by atoms with Crippen LogP contribution in [0, 0.1) is 11.8 Å². The fourth-order valence-corrected chi connectivity index (χ4v) is 3.60. The van der Waals surface area contributed by atoms with Crippen LogP contribution in [-0.4, -0.2) is 30.7 Å². The first kappa shape index (κ1) is 16.9. The van der Waals surface area contributed by atoms with Gasteiger partial charge in [-0.3, -0.25) is 9.59 Å². The van der Waals surface area contributed by atoms with Crippen molar-refractivity contribution in [1.29, 1.82) is 0 Å². The average Bonchev–Trinajstić information content (AvgIpc) is 2.57. The summed E-state index contributed by atoms with van der Waals surface area (Å²) in [6, 6.07) is 6.81. The smallest absolute Gasteiger partial charge is 0.338 e. The van der Waals surface area contributed by atoms with Gasteiger partial charge < -0.3 is 9.47 Å². The van der Waals surface area contributed by atoms with E-state index in [1.807, 2.05) is 0 Å². The molecule has 1 aromatic carbocycles. The lowest BCUT2D eigenvalue weighted by Crippen LogP contribution is -2.44. The molecule has 1 fully saturated rings. The molecule has 0 aromatic heterocycles. The summed E-state index contributed by atoms with van der Waals surface area (Å²) in [6.07, 6.45) is 1.82. The van der Waals surface area contributed by atoms with Gasteiger partial charge in [0.1, 0.15) is 11.5 Å². The van der Waals surface area contributed by atoms with E-state index in [1.165, 1.54) is 13.2 Å². The van der Waals surface area contributed by atoms with Crippen LogP contribution in [0.25, 0.3) is 0 Å². The van der Waals surface area contributed by atoms with E-state index in [0.29, 0.717) is 24.2 Å². The summed E-state index contributed by atoms with van der Waals surface area (Å²) in [7, 11) is 1.44. The zero-order valence-electron chi connectivity index (χ0n) is 13.2. The molecule has 0 heterocycles. The molecule has 0 saturated heterocycles. The third-order valence-electron chi connectivity index (χ3n) is 4.58. The topological polar surface area (TPSA) is 69.7 Å². The lowest BCUT2D eigenvalue weighted by atomic mass is 9.70. The normalized spacial score (nSPS) is 26.4. The van der Waals surface area contributed by atoms with Crippen LogP contribution in [-0.2, 0) is 19.1 Å². The molecule has 5 nitrogen and oxygen atoms in total. The van der Waals surface area contributed by atoms with Crippen LogP contribution in [0.5, 0.6) is 0 Å². The Morgan fingerprint density at radius 2 is 1.92 bits per heavy atom. The van der Waals surface area contributed by atoms with E-state index in [9.17, 15) is 14.4 Å². The highest BCUT2D eigenvalue weighted by molar-refractivity contribution is 9.10. The van der Waals surface area contributed by atoms with E-state index >= 15 is 0 Å². The van der Waals surface area contributed by atoms with Gasteiger partial charge in [0.15, 0.2) is 11.9 Å². The Bertz CT molecular complexity index is 707. The van der Waals surface area contributed by atoms with Crippen LogP contribution in [0.3, 0.4) is 0 Å². The van der Waals surface area contributed by atoms with Gasteiger partial charge in [-0.25, -0.2) is 4.79 Å². The van der Waals surface area contributed by atoms with E-state index in [4.69, 9.17) is 9.47 Å². The minimum atomic E-state index is -0.710. The van der Waals surface area contributed by atoms with Crippen LogP contribution >= 0.6 is 15.9 Å². The summed E-state index contributed by atoms with van der Waals surface area (Å²) in [5.41, 5.74) is 0.407. The second-order valence-corrected chi connectivity index (χ2v) is 6.95. The number of halogens is 1. The standard InChI is InChI=1S/C18H17BrO5/c1-23-16-9-15(21)13-7-6-12(20)8-14(13)17(16)24-18(22)10-2-4-11(19)5-3-10/h2-5,9,13-14,17H,6-8H2,1H3/t13-,14+,17+/m0/s1. The second-order valence-electron chi connectivity index (χ2n) is 6.04. The van der Waals surface area contributed by atoms with Gasteiger partial charge in [0.2, 0.25) is 0 Å². The van der Waals surface area contributed by atoms with Gasteiger partial charge in [-0.15, -0.1) is 0 Å². The SMILES string of the molecule is COC1=CC(=O)[C@H]2CCC(=O)C[C@H]2[C@H]1OC(=O)c1ccc(Br)cc1. The molecule has 0 N–H and O–H groups in total. The van der Waals surface area contributed by atoms with Crippen LogP contribution < -0.4 is 0 Å². The van der Waals surface area contributed by atoms with Gasteiger partial charge in [-0.1, -0.05) is 15.9 Å². The average molecular weight is 393 g/mol. The molecule has 1 aromatic rings. The van der Waals surface area contributed by atoms with Crippen molar-refractivity contribution in [3.05, 3.63) is 46.1 Å². The summed E-state index contributed by atoms with van der Waals surface area (Å²) < 4.78 is 11.8. The molecule has 24 heavy (non-hydrogen) atoms. The molecule has 0 radical (unpaired) electrons. The van der Waals surface area contributed by atoms with Gasteiger partial charge in [0, 0.05) is 35.2 Å². The van der Waals surface area contributed by atoms with Crippen molar-refractivity contribution in [2.45, 2.75) is 25.4 Å². The quantitative estimate of drug-likeness (QED) is 0.739. The van der Waals surface area contributed by atoms with Crippen molar-refractivity contribution in [3.8, 4) is 0 Å². The van der Waals surface area contributed by atoms with Gasteiger partial charge in [0.05, 0.1) is 12.7 Å². The monoisotopic (exact) mass is 392 g/mol. The number of Topliss-reactive ketones (excluding diaryl/α,β-unsaturated/α-hetero) is 1. The number of benzene rings is 1. The van der Waals surface area contributed by atoms with Crippen molar-refractivity contribution in [2.75, 3.05) is 7.11 Å². The maximum absolute atomic E-state index is 12.4. The molecule has 0 amide bonds. The number of esters is 1. The summed E-state index contributed by atoms with van der Waals surface area (Å²) in [4.78, 5) is 36.5. The van der Waals surface area contributed by atoms with Crippen molar-refractivity contribution >= 4 is 33.5 Å². The number of hydrogen-bond donors (Lipinski definition) is 0. The lowest BCUT2D eigenvalue weighted by Gasteiger charge is -2.38. The van der Waals surface area contributed by atoms with E-state index < -0.39 is 12.1 Å². The maximum Gasteiger partial charge on any atom is 0.338 e. The number of allylic oxidation sites excluding steroid dienone is 1. The first-order valence-corrected chi connectivity index (χ1v) is 8.56. The van der Waals surface area contributed by atoms with Gasteiger partial charge in [-0.05, 0) is 30.7 Å². The minimum Gasteiger partial charge on any atom is -0.497 e. The minimum absolute atomic E-state index is 0.0553. The maximum atomic E-state index is 12.4. The molecule has 0 spiro atoms. The zero-order chi connectivity index (χ0) is 17.3. The molecule has 1 saturated carbocycles. The second kappa shape index (κ2) is 6.89. The van der Waals surface area contributed by atoms with Crippen molar-refractivity contribution in [3.63, 3.8) is 0 Å². The fraction of sp³-hybridized carbons (Fsp3) is 0.389. The number of hydrogen-bond acceptors (Lipinski definition) is 5. The highest BCUT2D eigenvalue weighted by atomic mass is 79.9. The summed E-state index contributed by atoms with van der Waals surface area (Å²) in [5, 5.41) is 0. The Morgan fingerprint density at radius 3 is 2.58 bits per heavy atom. The number of fused-ring (bicyclic) bond motifs is 1. The molecule has 2 aliphatic rings. The van der Waals surface area contributed by atoms with Gasteiger partial charge in [-0.2, -0.15) is 0 Å². The highest BCUT2D eigenvalue weighted by Crippen LogP contribution is 2.39. The summed E-state index contributed by atoms with van der Waals surface area (Å²) in [5.74, 6) is -0.795. The zero-order valence-corrected chi connectivity index (χ0v) is 14.7. The molecule has 3 atom stereocenters. The highest BCUT2D eigenvalue weighted by Gasteiger charge is 2.45. The first-order valence-electron chi connectivity index (χ1n) is 7.77. The molecular formula is C18H17BrO5. The van der Waals surface area contributed by atoms with Crippen LogP contribution in [0.15, 0.2) is 40.6 Å². The third kappa shape index (κ3) is 3.29. The fourth-order valence-electron chi connectivity index (χ4n) is 3.34. The summed E-state index contributed by atoms with van der Waals surface area (Å²) >= 11 is 3.32.